The minimum absolute atomic E-state index is 0. The Bertz CT molecular complexity index is 489. The highest BCUT2D eigenvalue weighted by Crippen LogP contribution is 2.34. The van der Waals surface area contributed by atoms with Crippen LogP contribution in [0.2, 0.25) is 0 Å². The summed E-state index contributed by atoms with van der Waals surface area (Å²) in [7, 11) is 0. The molecule has 1 aromatic rings. The predicted octanol–water partition coefficient (Wildman–Crippen LogP) is 3.51. The lowest BCUT2D eigenvalue weighted by molar-refractivity contribution is -0.138. The fourth-order valence-corrected chi connectivity index (χ4v) is 3.48. The topological polar surface area (TPSA) is 46.3 Å². The minimum atomic E-state index is -0.732. The van der Waals surface area contributed by atoms with Gasteiger partial charge in [0.15, 0.2) is 0 Å². The molecular weight excluding hydrogens is 296 g/mol. The lowest BCUT2D eigenvalue weighted by Gasteiger charge is -2.43. The molecule has 1 aromatic carbocycles. The zero-order chi connectivity index (χ0) is 15.5. The van der Waals surface area contributed by atoms with Crippen molar-refractivity contribution in [2.75, 3.05) is 13.1 Å². The van der Waals surface area contributed by atoms with Crippen molar-refractivity contribution in [3.63, 3.8) is 0 Å². The van der Waals surface area contributed by atoms with E-state index in [1.54, 1.807) is 0 Å². The lowest BCUT2D eigenvalue weighted by atomic mass is 9.75. The molecule has 4 heteroatoms. The second-order valence-corrected chi connectivity index (χ2v) is 6.92. The normalized spacial score (nSPS) is 24.3. The molecule has 0 aliphatic carbocycles. The van der Waals surface area contributed by atoms with E-state index in [4.69, 9.17) is 5.73 Å². The van der Waals surface area contributed by atoms with Crippen LogP contribution in [0.25, 0.3) is 0 Å². The second kappa shape index (κ2) is 7.47. The van der Waals surface area contributed by atoms with Crippen LogP contribution in [0.4, 0.5) is 0 Å². The van der Waals surface area contributed by atoms with Gasteiger partial charge in [0.2, 0.25) is 5.91 Å². The molecule has 1 aliphatic rings. The van der Waals surface area contributed by atoms with E-state index in [0.717, 1.165) is 38.8 Å². The summed E-state index contributed by atoms with van der Waals surface area (Å²) in [6.07, 6.45) is 3.84. The summed E-state index contributed by atoms with van der Waals surface area (Å²) in [5.74, 6) is 0.103. The van der Waals surface area contributed by atoms with E-state index in [2.05, 4.69) is 38.1 Å². The first-order valence-corrected chi connectivity index (χ1v) is 8.03. The van der Waals surface area contributed by atoms with Gasteiger partial charge in [-0.1, -0.05) is 50.6 Å². The molecule has 1 saturated heterocycles. The minimum Gasteiger partial charge on any atom is -0.340 e. The van der Waals surface area contributed by atoms with Gasteiger partial charge in [0, 0.05) is 18.5 Å². The maximum Gasteiger partial charge on any atom is 0.242 e. The van der Waals surface area contributed by atoms with Gasteiger partial charge in [0.25, 0.3) is 0 Å². The number of nitrogens with zero attached hydrogens (tertiary/aromatic N) is 1. The smallest absolute Gasteiger partial charge is 0.242 e. The Balaban J connectivity index is 0.00000242. The van der Waals surface area contributed by atoms with Crippen molar-refractivity contribution in [2.45, 2.75) is 57.4 Å². The Morgan fingerprint density at radius 3 is 2.59 bits per heavy atom. The maximum absolute atomic E-state index is 12.7. The molecule has 2 atom stereocenters. The molecule has 2 rings (SSSR count). The Morgan fingerprint density at radius 1 is 1.36 bits per heavy atom. The second-order valence-electron chi connectivity index (χ2n) is 6.92. The Morgan fingerprint density at radius 2 is 2.00 bits per heavy atom. The summed E-state index contributed by atoms with van der Waals surface area (Å²) in [4.78, 5) is 14.7. The Labute approximate surface area is 140 Å². The van der Waals surface area contributed by atoms with Crippen LogP contribution in [-0.2, 0) is 10.2 Å². The van der Waals surface area contributed by atoms with Crippen LogP contribution in [-0.4, -0.2) is 29.4 Å². The number of carbonyl (C=O) groups excluding carboxylic acids is 1. The van der Waals surface area contributed by atoms with Gasteiger partial charge in [-0.3, -0.25) is 4.79 Å². The fourth-order valence-electron chi connectivity index (χ4n) is 3.48. The first kappa shape index (κ1) is 19.0. The van der Waals surface area contributed by atoms with Crippen molar-refractivity contribution < 1.29 is 4.79 Å². The molecule has 2 unspecified atom stereocenters. The third-order valence-electron chi connectivity index (χ3n) is 4.71. The van der Waals surface area contributed by atoms with Gasteiger partial charge in [-0.2, -0.15) is 0 Å². The van der Waals surface area contributed by atoms with E-state index in [1.165, 1.54) is 5.56 Å². The summed E-state index contributed by atoms with van der Waals surface area (Å²) in [6.45, 7) is 7.80. The lowest BCUT2D eigenvalue weighted by Crippen LogP contribution is -2.57. The Hall–Kier alpha value is -1.06. The molecule has 2 N–H and O–H groups in total. The third kappa shape index (κ3) is 4.02. The molecule has 0 radical (unpaired) electrons. The van der Waals surface area contributed by atoms with Crippen LogP contribution >= 0.6 is 12.4 Å². The number of rotatable bonds is 4. The van der Waals surface area contributed by atoms with Gasteiger partial charge < -0.3 is 10.6 Å². The van der Waals surface area contributed by atoms with Gasteiger partial charge in [0.1, 0.15) is 0 Å². The molecule has 3 nitrogen and oxygen atoms in total. The highest BCUT2D eigenvalue weighted by molar-refractivity contribution is 5.86. The first-order chi connectivity index (χ1) is 9.89. The summed E-state index contributed by atoms with van der Waals surface area (Å²) >= 11 is 0. The number of likely N-dealkylation sites (tertiary alicyclic amines) is 1. The van der Waals surface area contributed by atoms with Crippen molar-refractivity contribution >= 4 is 18.3 Å². The van der Waals surface area contributed by atoms with Crippen LogP contribution < -0.4 is 5.73 Å². The summed E-state index contributed by atoms with van der Waals surface area (Å²) in [5.41, 5.74) is 6.86. The Kier molecular flexibility index (Phi) is 6.45. The molecule has 1 amide bonds. The number of hydrogen-bond donors (Lipinski definition) is 1. The molecule has 0 bridgehead atoms. The largest absolute Gasteiger partial charge is 0.340 e. The number of piperidine rings is 1. The summed E-state index contributed by atoms with van der Waals surface area (Å²) < 4.78 is 0. The third-order valence-corrected chi connectivity index (χ3v) is 4.71. The molecule has 0 spiro atoms. The molecule has 0 aromatic heterocycles. The highest BCUT2D eigenvalue weighted by Gasteiger charge is 2.39. The maximum atomic E-state index is 12.7. The average Bonchev–Trinajstić information content (AvgIpc) is 2.47. The molecule has 1 fully saturated rings. The SMILES string of the molecule is CCCC(C)(N)C(=O)N1CCCC(C)(c2ccccc2)C1.Cl. The van der Waals surface area contributed by atoms with Crippen LogP contribution in [0.3, 0.4) is 0 Å². The van der Waals surface area contributed by atoms with Crippen molar-refractivity contribution in [3.8, 4) is 0 Å². The van der Waals surface area contributed by atoms with Gasteiger partial charge in [0.05, 0.1) is 5.54 Å². The van der Waals surface area contributed by atoms with Crippen molar-refractivity contribution in [2.24, 2.45) is 5.73 Å². The number of amides is 1. The number of carbonyl (C=O) groups is 1. The van der Waals surface area contributed by atoms with E-state index < -0.39 is 5.54 Å². The molecule has 124 valence electrons. The van der Waals surface area contributed by atoms with Crippen LogP contribution in [0, 0.1) is 0 Å². The number of halogens is 1. The average molecular weight is 325 g/mol. The fraction of sp³-hybridized carbons (Fsp3) is 0.611. The quantitative estimate of drug-likeness (QED) is 0.921. The van der Waals surface area contributed by atoms with E-state index in [9.17, 15) is 4.79 Å². The van der Waals surface area contributed by atoms with E-state index in [1.807, 2.05) is 17.9 Å². The monoisotopic (exact) mass is 324 g/mol. The van der Waals surface area contributed by atoms with Crippen LogP contribution in [0.1, 0.15) is 52.0 Å². The zero-order valence-corrected chi connectivity index (χ0v) is 14.8. The standard InChI is InChI=1S/C18H28N2O.ClH/c1-4-11-18(3,19)16(21)20-13-8-12-17(2,14-20)15-9-6-5-7-10-15;/h5-7,9-10H,4,8,11-14,19H2,1-3H3;1H. The highest BCUT2D eigenvalue weighted by atomic mass is 35.5. The molecule has 0 saturated carbocycles. The van der Waals surface area contributed by atoms with E-state index in [0.29, 0.717) is 0 Å². The van der Waals surface area contributed by atoms with Gasteiger partial charge in [-0.25, -0.2) is 0 Å². The summed E-state index contributed by atoms with van der Waals surface area (Å²) in [6, 6.07) is 10.5. The number of nitrogens with two attached hydrogens (primary N) is 1. The van der Waals surface area contributed by atoms with E-state index in [-0.39, 0.29) is 23.7 Å². The number of benzene rings is 1. The van der Waals surface area contributed by atoms with Gasteiger partial charge in [-0.15, -0.1) is 12.4 Å². The first-order valence-electron chi connectivity index (χ1n) is 8.03. The molecule has 1 heterocycles. The van der Waals surface area contributed by atoms with Crippen LogP contribution in [0.15, 0.2) is 30.3 Å². The van der Waals surface area contributed by atoms with Crippen LogP contribution in [0.5, 0.6) is 0 Å². The number of hydrogen-bond acceptors (Lipinski definition) is 2. The molecular formula is C18H29ClN2O. The van der Waals surface area contributed by atoms with Crippen molar-refractivity contribution in [1.29, 1.82) is 0 Å². The predicted molar refractivity (Wildman–Crippen MR) is 94.4 cm³/mol. The summed E-state index contributed by atoms with van der Waals surface area (Å²) in [5, 5.41) is 0. The van der Waals surface area contributed by atoms with Gasteiger partial charge in [-0.05, 0) is 31.7 Å². The molecule has 1 aliphatic heterocycles. The molecule has 22 heavy (non-hydrogen) atoms. The van der Waals surface area contributed by atoms with Gasteiger partial charge >= 0.3 is 0 Å². The van der Waals surface area contributed by atoms with Crippen molar-refractivity contribution in [1.82, 2.24) is 4.90 Å². The zero-order valence-electron chi connectivity index (χ0n) is 14.0. The van der Waals surface area contributed by atoms with E-state index >= 15 is 0 Å². The van der Waals surface area contributed by atoms with Crippen molar-refractivity contribution in [3.05, 3.63) is 35.9 Å².